The summed E-state index contributed by atoms with van der Waals surface area (Å²) in [5.41, 5.74) is 15.5. The Hall–Kier alpha value is -11.1. The van der Waals surface area contributed by atoms with E-state index in [0.717, 1.165) is 27.7 Å². The minimum Gasteiger partial charge on any atom is -0.264 e. The SMILES string of the molecule is CC.CC.CC.CC.CC.CC.CC.CC.CC.CC.CC.CC.CC.CC.CC.CC.CC(C)c1ccc2ccccc2c1.CC(C)c1cccc2ccccc12.CC(C)c1ccnc2cccnc12.CC(C)c1ccnc2ccncc12.CC(C)c1ccnc2cnccc12.CC(C)c1ccnc2ncccc12.CC(C)c1cncc2ccccc12.CC(C)c1nccc2ccccc12. The molecule has 0 aliphatic heterocycles. The van der Waals surface area contributed by atoms with E-state index in [1.807, 2.05) is 326 Å². The van der Waals surface area contributed by atoms with Crippen LogP contribution in [0.2, 0.25) is 0 Å². The van der Waals surface area contributed by atoms with Crippen LogP contribution in [0, 0.1) is 0 Å². The number of hydrogen-bond acceptors (Lipinski definition) is 10. The van der Waals surface area contributed by atoms with Crippen LogP contribution in [0.1, 0.15) is 424 Å². The molecule has 10 nitrogen and oxygen atoms in total. The standard InChI is InChI=1S/2C13H14.2C12H13N.4C11H12N2.16C2H6/c1-10(2)12-9-5-7-11-6-3-4-8-13(11)12;1-10(2)12-8-7-11-5-3-4-6-13(11)9-12;1-9(2)12-8-13-7-10-5-3-4-6-11(10)12;1-9(2)12-11-6-4-3-5-10(11)7-8-13-12;1-8(2)9-3-6-13-11-4-5-12-7-10(9)11;1-8(2)9-4-6-13-11-7-12-5-3-10(9)11;1-8(2)9-5-7-12-10-4-3-6-13-11(9)10;1-8(2)9-5-7-13-11-10(9)4-3-6-12-11;16*1-2/h2*3-10H,1-2H3;2*3-9H,1-2H3;4*3-8H,1-2H3;16*1-2H3. The highest BCUT2D eigenvalue weighted by Crippen LogP contribution is 2.30. The molecule has 0 bridgehead atoms. The second-order valence-corrected chi connectivity index (χ2v) is 28.4. The number of hydrogen-bond donors (Lipinski definition) is 0. The Bertz CT molecular complexity index is 4490. The Morgan fingerprint density at radius 1 is 0.169 bits per heavy atom. The van der Waals surface area contributed by atoms with Crippen molar-refractivity contribution in [2.75, 3.05) is 0 Å². The predicted octanol–water partition coefficient (Wildman–Crippen LogP) is 42.1. The van der Waals surface area contributed by atoms with Crippen molar-refractivity contribution in [3.63, 3.8) is 0 Å². The Labute approximate surface area is 836 Å². The maximum absolute atomic E-state index is 4.41. The molecule has 10 heteroatoms. The molecule has 136 heavy (non-hydrogen) atoms. The van der Waals surface area contributed by atoms with Gasteiger partial charge in [-0.05, 0) is 185 Å². The van der Waals surface area contributed by atoms with Gasteiger partial charge in [-0.2, -0.15) is 0 Å². The van der Waals surface area contributed by atoms with Gasteiger partial charge < -0.3 is 0 Å². The molecule has 6 aromatic carbocycles. The van der Waals surface area contributed by atoms with Crippen molar-refractivity contribution in [3.05, 3.63) is 325 Å². The third-order valence-corrected chi connectivity index (χ3v) is 18.2. The lowest BCUT2D eigenvalue weighted by molar-refractivity contribution is 0.834. The predicted molar refractivity (Wildman–Crippen MR) is 624 cm³/mol. The van der Waals surface area contributed by atoms with E-state index in [0.29, 0.717) is 47.3 Å². The van der Waals surface area contributed by atoms with Crippen LogP contribution in [0.25, 0.3) is 87.0 Å². The van der Waals surface area contributed by atoms with E-state index in [1.165, 1.54) is 104 Å². The highest BCUT2D eigenvalue weighted by molar-refractivity contribution is 5.88. The second-order valence-electron chi connectivity index (χ2n) is 28.4. The Morgan fingerprint density at radius 3 is 1.03 bits per heavy atom. The number of nitrogens with zero attached hydrogens (tertiary/aromatic N) is 10. The first-order valence-corrected chi connectivity index (χ1v) is 52.7. The molecule has 10 aromatic heterocycles. The van der Waals surface area contributed by atoms with Crippen LogP contribution in [-0.2, 0) is 0 Å². The fourth-order valence-electron chi connectivity index (χ4n) is 12.5. The van der Waals surface area contributed by atoms with Crippen molar-refractivity contribution in [1.29, 1.82) is 0 Å². The van der Waals surface area contributed by atoms with E-state index < -0.39 is 0 Å². The van der Waals surface area contributed by atoms with Crippen LogP contribution in [0.5, 0.6) is 0 Å². The number of benzene rings is 6. The van der Waals surface area contributed by atoms with Gasteiger partial charge in [0.1, 0.15) is 0 Å². The van der Waals surface area contributed by atoms with Gasteiger partial charge in [0, 0.05) is 101 Å². The van der Waals surface area contributed by atoms with E-state index in [9.17, 15) is 0 Å². The first kappa shape index (κ1) is 140. The number of aromatic nitrogens is 10. The molecule has 0 amide bonds. The summed E-state index contributed by atoms with van der Waals surface area (Å²) in [6, 6.07) is 69.3. The fourth-order valence-corrected chi connectivity index (χ4v) is 12.5. The largest absolute Gasteiger partial charge is 0.264 e. The van der Waals surface area contributed by atoms with Gasteiger partial charge in [0.05, 0.1) is 34.0 Å². The monoisotopic (exact) mass is 1850 g/mol. The zero-order valence-electron chi connectivity index (χ0n) is 95.6. The molecule has 0 saturated heterocycles. The summed E-state index contributed by atoms with van der Waals surface area (Å²) >= 11 is 0. The summed E-state index contributed by atoms with van der Waals surface area (Å²) in [6.45, 7) is 99.1. The number of pyridine rings is 10. The summed E-state index contributed by atoms with van der Waals surface area (Å²) in [5.74, 6) is 4.33. The topological polar surface area (TPSA) is 129 Å². The Balaban J connectivity index is -0.000000220. The molecular formula is C126H198N10. The molecule has 0 saturated carbocycles. The van der Waals surface area contributed by atoms with Crippen LogP contribution < -0.4 is 0 Å². The molecule has 16 rings (SSSR count). The van der Waals surface area contributed by atoms with E-state index in [2.05, 4.69) is 318 Å². The van der Waals surface area contributed by atoms with Crippen molar-refractivity contribution < 1.29 is 0 Å². The van der Waals surface area contributed by atoms with Gasteiger partial charge in [-0.15, -0.1) is 0 Å². The highest BCUT2D eigenvalue weighted by Gasteiger charge is 2.11. The van der Waals surface area contributed by atoms with Gasteiger partial charge in [0.25, 0.3) is 0 Å². The minimum absolute atomic E-state index is 0.492. The molecule has 0 radical (unpaired) electrons. The normalized spacial score (nSPS) is 9.12. The molecule has 752 valence electrons. The lowest BCUT2D eigenvalue weighted by Crippen LogP contribution is -1.92. The molecule has 0 fully saturated rings. The van der Waals surface area contributed by atoms with E-state index >= 15 is 0 Å². The van der Waals surface area contributed by atoms with Gasteiger partial charge >= 0.3 is 0 Å². The smallest absolute Gasteiger partial charge is 0.159 e. The molecule has 0 aliphatic carbocycles. The Kier molecular flexibility index (Phi) is 97.3. The molecule has 0 N–H and O–H groups in total. The lowest BCUT2D eigenvalue weighted by atomic mass is 9.96. The van der Waals surface area contributed by atoms with Crippen LogP contribution >= 0.6 is 0 Å². The summed E-state index contributed by atoms with van der Waals surface area (Å²) in [5, 5.41) is 14.1. The number of rotatable bonds is 8. The quantitative estimate of drug-likeness (QED) is 0.145. The average molecular weight is 1850 g/mol. The highest BCUT2D eigenvalue weighted by atomic mass is 14.8. The fraction of sp³-hybridized carbons (Fsp3) is 0.444. The van der Waals surface area contributed by atoms with Gasteiger partial charge in [-0.3, -0.25) is 39.9 Å². The zero-order valence-corrected chi connectivity index (χ0v) is 95.6. The third kappa shape index (κ3) is 51.7. The van der Waals surface area contributed by atoms with Crippen LogP contribution in [0.15, 0.2) is 281 Å². The van der Waals surface area contributed by atoms with Gasteiger partial charge in [0.2, 0.25) is 0 Å². The van der Waals surface area contributed by atoms with Crippen LogP contribution in [0.3, 0.4) is 0 Å². The van der Waals surface area contributed by atoms with Crippen molar-refractivity contribution >= 4 is 87.0 Å². The van der Waals surface area contributed by atoms with E-state index in [-0.39, 0.29) is 0 Å². The van der Waals surface area contributed by atoms with Gasteiger partial charge in [-0.1, -0.05) is 466 Å². The Morgan fingerprint density at radius 2 is 0.529 bits per heavy atom. The third-order valence-electron chi connectivity index (χ3n) is 18.2. The average Bonchev–Trinajstić information content (AvgIpc) is 0.824. The maximum atomic E-state index is 4.41. The first-order valence-electron chi connectivity index (χ1n) is 52.7. The van der Waals surface area contributed by atoms with Crippen molar-refractivity contribution in [1.82, 2.24) is 49.8 Å². The van der Waals surface area contributed by atoms with Crippen molar-refractivity contribution in [2.24, 2.45) is 0 Å². The molecule has 0 unspecified atom stereocenters. The molecule has 16 aromatic rings. The molecular weight excluding hydrogens is 1650 g/mol. The summed E-state index contributed by atoms with van der Waals surface area (Å²) in [4.78, 5) is 42.4. The van der Waals surface area contributed by atoms with Gasteiger partial charge in [-0.25, -0.2) is 9.97 Å². The second kappa shape index (κ2) is 94.3. The molecule has 0 aliphatic rings. The zero-order chi connectivity index (χ0) is 106. The summed E-state index contributed by atoms with van der Waals surface area (Å²) < 4.78 is 0. The molecule has 0 atom stereocenters. The van der Waals surface area contributed by atoms with Crippen LogP contribution in [0.4, 0.5) is 0 Å². The number of fused-ring (bicyclic) bond motifs is 8. The minimum atomic E-state index is 0.492. The lowest BCUT2D eigenvalue weighted by Gasteiger charge is -2.08. The van der Waals surface area contributed by atoms with Crippen molar-refractivity contribution in [3.8, 4) is 0 Å². The van der Waals surface area contributed by atoms with E-state index in [4.69, 9.17) is 0 Å². The van der Waals surface area contributed by atoms with E-state index in [1.54, 1.807) is 18.6 Å². The van der Waals surface area contributed by atoms with Gasteiger partial charge in [0.15, 0.2) is 5.65 Å². The summed E-state index contributed by atoms with van der Waals surface area (Å²) in [6.07, 6.45) is 24.0. The maximum Gasteiger partial charge on any atom is 0.159 e. The molecule has 0 spiro atoms. The summed E-state index contributed by atoms with van der Waals surface area (Å²) in [7, 11) is 0. The van der Waals surface area contributed by atoms with Crippen molar-refractivity contribution in [2.45, 2.75) is 380 Å². The first-order chi connectivity index (χ1) is 66.3. The van der Waals surface area contributed by atoms with Crippen LogP contribution in [-0.4, -0.2) is 49.8 Å². The molecule has 10 heterocycles.